The topological polar surface area (TPSA) is 36.9 Å². The maximum Gasteiger partial charge on any atom is 0.260 e. The van der Waals surface area contributed by atoms with Crippen molar-refractivity contribution in [3.63, 3.8) is 0 Å². The molecule has 212 valence electrons. The zero-order chi connectivity index (χ0) is 27.2. The quantitative estimate of drug-likeness (QED) is 0.0873. The minimum atomic E-state index is -1.17. The van der Waals surface area contributed by atoms with E-state index >= 15 is 0 Å². The second-order valence-corrected chi connectivity index (χ2v) is 11.2. The maximum absolute atomic E-state index is 6.01. The van der Waals surface area contributed by atoms with Crippen LogP contribution in [0.1, 0.15) is 0 Å². The minimum absolute atomic E-state index is 0. The van der Waals surface area contributed by atoms with Gasteiger partial charge in [-0.25, -0.2) is 12.1 Å². The molecule has 0 unspecified atom stereocenters. The molecule has 0 fully saturated rings. The Labute approximate surface area is 254 Å². The molecule has 6 rings (SSSR count). The van der Waals surface area contributed by atoms with E-state index in [2.05, 4.69) is 0 Å². The zero-order valence-electron chi connectivity index (χ0n) is 22.0. The summed E-state index contributed by atoms with van der Waals surface area (Å²) in [6.45, 7) is 0. The van der Waals surface area contributed by atoms with E-state index in [1.165, 1.54) is 0 Å². The summed E-state index contributed by atoms with van der Waals surface area (Å²) in [7, 11) is -2.34. The Balaban J connectivity index is 0.000000184. The van der Waals surface area contributed by atoms with E-state index in [9.17, 15) is 0 Å². The van der Waals surface area contributed by atoms with Crippen LogP contribution in [0.5, 0.6) is 23.0 Å². The van der Waals surface area contributed by atoms with Gasteiger partial charge in [0.2, 0.25) is 0 Å². The average Bonchev–Trinajstić information content (AvgIpc) is 3.75. The molecular formula is C34H28FeO4P2-6. The molecule has 4 nitrogen and oxygen atoms in total. The van der Waals surface area contributed by atoms with Crippen LogP contribution < -0.4 is 28.7 Å². The molecule has 0 radical (unpaired) electrons. The summed E-state index contributed by atoms with van der Waals surface area (Å²) in [4.78, 5) is 0. The van der Waals surface area contributed by atoms with Gasteiger partial charge in [0, 0.05) is 17.1 Å². The fourth-order valence-corrected chi connectivity index (χ4v) is 6.11. The number of rotatable bonds is 10. The summed E-state index contributed by atoms with van der Waals surface area (Å²) in [6.07, 6.45) is 0. The molecule has 0 atom stereocenters. The van der Waals surface area contributed by atoms with E-state index < -0.39 is 16.8 Å². The van der Waals surface area contributed by atoms with Gasteiger partial charge in [0.1, 0.15) is 23.0 Å². The normalized spacial score (nSPS) is 10.2. The molecular weight excluding hydrogens is 590 g/mol. The van der Waals surface area contributed by atoms with Crippen LogP contribution in [0.25, 0.3) is 0 Å². The van der Waals surface area contributed by atoms with Gasteiger partial charge in [-0.3, -0.25) is 0 Å². The smallest absolute Gasteiger partial charge is 0.260 e. The SMILES string of the molecule is [Fe].c1ccc(OP(Oc2ccccc2)[c-]2[cH-][cH-][cH-][cH-]2)cc1.c1ccc(OP(Oc2ccccc2)[c-]2cccc2)cc1. The Morgan fingerprint density at radius 3 is 1.07 bits per heavy atom. The van der Waals surface area contributed by atoms with Gasteiger partial charge in [0.25, 0.3) is 8.38 Å². The first-order valence-corrected chi connectivity index (χ1v) is 15.1. The molecule has 0 aliphatic heterocycles. The molecule has 0 heterocycles. The Morgan fingerprint density at radius 2 is 0.732 bits per heavy atom. The van der Waals surface area contributed by atoms with Gasteiger partial charge in [-0.1, -0.05) is 78.1 Å². The Bertz CT molecular complexity index is 1280. The summed E-state index contributed by atoms with van der Waals surface area (Å²) in [6, 6.07) is 55.1. The Morgan fingerprint density at radius 1 is 0.415 bits per heavy atom. The second-order valence-electron chi connectivity index (χ2n) is 8.42. The number of para-hydroxylation sites is 4. The number of hydrogen-bond donors (Lipinski definition) is 0. The third kappa shape index (κ3) is 9.64. The van der Waals surface area contributed by atoms with Crippen molar-refractivity contribution in [1.29, 1.82) is 0 Å². The van der Waals surface area contributed by atoms with Crippen LogP contribution >= 0.6 is 16.8 Å². The molecule has 0 bridgehead atoms. The molecule has 0 N–H and O–H groups in total. The molecule has 0 aliphatic carbocycles. The van der Waals surface area contributed by atoms with Gasteiger partial charge in [-0.2, -0.15) is 12.1 Å². The molecule has 0 aromatic heterocycles. The summed E-state index contributed by atoms with van der Waals surface area (Å²) in [5.41, 5.74) is 0. The van der Waals surface area contributed by atoms with Crippen molar-refractivity contribution >= 4 is 27.4 Å². The van der Waals surface area contributed by atoms with Crippen molar-refractivity contribution in [2.45, 2.75) is 0 Å². The number of benzene rings is 4. The van der Waals surface area contributed by atoms with Crippen molar-refractivity contribution in [2.75, 3.05) is 0 Å². The molecule has 0 aliphatic rings. The van der Waals surface area contributed by atoms with Crippen LogP contribution in [-0.2, 0) is 17.1 Å². The van der Waals surface area contributed by atoms with Gasteiger partial charge in [-0.15, -0.1) is 0 Å². The fourth-order valence-electron chi connectivity index (χ4n) is 3.53. The molecule has 0 amide bonds. The first kappa shape index (κ1) is 30.1. The van der Waals surface area contributed by atoms with Crippen molar-refractivity contribution < 1.29 is 35.2 Å². The van der Waals surface area contributed by atoms with Gasteiger partial charge in [0.05, 0.1) is 8.38 Å². The van der Waals surface area contributed by atoms with Crippen molar-refractivity contribution in [3.8, 4) is 23.0 Å². The molecule has 7 heteroatoms. The van der Waals surface area contributed by atoms with E-state index in [1.807, 2.05) is 170 Å². The van der Waals surface area contributed by atoms with Crippen LogP contribution in [0, 0.1) is 0 Å². The van der Waals surface area contributed by atoms with Gasteiger partial charge in [0.15, 0.2) is 0 Å². The average molecular weight is 618 g/mol. The van der Waals surface area contributed by atoms with E-state index in [-0.39, 0.29) is 17.1 Å². The van der Waals surface area contributed by atoms with Gasteiger partial charge in [-0.05, 0) is 48.5 Å². The van der Waals surface area contributed by atoms with Crippen LogP contribution in [-0.4, -0.2) is 0 Å². The molecule has 41 heavy (non-hydrogen) atoms. The van der Waals surface area contributed by atoms with E-state index in [0.29, 0.717) is 0 Å². The van der Waals surface area contributed by atoms with E-state index in [1.54, 1.807) is 0 Å². The molecule has 0 saturated heterocycles. The molecule has 6 aromatic carbocycles. The predicted molar refractivity (Wildman–Crippen MR) is 165 cm³/mol. The van der Waals surface area contributed by atoms with Crippen molar-refractivity contribution in [2.24, 2.45) is 0 Å². The third-order valence-electron chi connectivity index (χ3n) is 5.44. The molecule has 0 saturated carbocycles. The first-order valence-electron chi connectivity index (χ1n) is 12.8. The zero-order valence-corrected chi connectivity index (χ0v) is 24.9. The van der Waals surface area contributed by atoms with Crippen LogP contribution in [0.3, 0.4) is 0 Å². The Kier molecular flexibility index (Phi) is 12.1. The largest absolute Gasteiger partial charge is 0.747 e. The standard InChI is InChI=1S/2C17H14O2P.Fe/c2*1-3-9-15(10-4-1)18-20(17-13-7-8-14-17)19-16-11-5-2-6-12-16;/h2*1-14H;/q-5;-1;. The number of hydrogen-bond acceptors (Lipinski definition) is 4. The minimum Gasteiger partial charge on any atom is -0.747 e. The fraction of sp³-hybridized carbons (Fsp3) is 0. The summed E-state index contributed by atoms with van der Waals surface area (Å²) in [5, 5.41) is 2.13. The van der Waals surface area contributed by atoms with Crippen molar-refractivity contribution in [3.05, 3.63) is 170 Å². The van der Waals surface area contributed by atoms with Crippen LogP contribution in [0.4, 0.5) is 0 Å². The maximum atomic E-state index is 6.01. The molecule has 0 spiro atoms. The molecule has 6 aromatic rings. The predicted octanol–water partition coefficient (Wildman–Crippen LogP) is 9.00. The monoisotopic (exact) mass is 618 g/mol. The summed E-state index contributed by atoms with van der Waals surface area (Å²) < 4.78 is 24.0. The van der Waals surface area contributed by atoms with Crippen LogP contribution in [0.15, 0.2) is 170 Å². The van der Waals surface area contributed by atoms with Gasteiger partial charge < -0.3 is 47.7 Å². The third-order valence-corrected chi connectivity index (χ3v) is 8.38. The van der Waals surface area contributed by atoms with Crippen LogP contribution in [0.2, 0.25) is 0 Å². The second kappa shape index (κ2) is 16.4. The summed E-state index contributed by atoms with van der Waals surface area (Å²) in [5.74, 6) is 3.26. The first-order chi connectivity index (χ1) is 19.8. The van der Waals surface area contributed by atoms with Gasteiger partial charge >= 0.3 is 0 Å². The van der Waals surface area contributed by atoms with Crippen molar-refractivity contribution in [1.82, 2.24) is 0 Å². The Hall–Kier alpha value is -3.84. The van der Waals surface area contributed by atoms with E-state index in [4.69, 9.17) is 18.1 Å². The summed E-state index contributed by atoms with van der Waals surface area (Å²) >= 11 is 0. The van der Waals surface area contributed by atoms with E-state index in [0.717, 1.165) is 33.6 Å².